The van der Waals surface area contributed by atoms with Gasteiger partial charge in [-0.3, -0.25) is 0 Å². The van der Waals surface area contributed by atoms with Crippen LogP contribution in [-0.4, -0.2) is 19.9 Å². The van der Waals surface area contributed by atoms with Crippen molar-refractivity contribution in [3.8, 4) is 0 Å². The van der Waals surface area contributed by atoms with Gasteiger partial charge in [-0.15, -0.1) is 0 Å². The molecule has 0 aliphatic carbocycles. The summed E-state index contributed by atoms with van der Waals surface area (Å²) >= 11 is 6.49. The minimum Gasteiger partial charge on any atom is -0.388 e. The highest BCUT2D eigenvalue weighted by Crippen LogP contribution is 2.27. The fourth-order valence-electron chi connectivity index (χ4n) is 1.64. The first-order chi connectivity index (χ1) is 9.24. The molecule has 0 radical (unpaired) electrons. The van der Waals surface area contributed by atoms with Crippen molar-refractivity contribution in [2.75, 3.05) is 5.32 Å². The smallest absolute Gasteiger partial charge is 0.189 e. The van der Waals surface area contributed by atoms with E-state index in [1.54, 1.807) is 12.4 Å². The van der Waals surface area contributed by atoms with Gasteiger partial charge in [0.2, 0.25) is 0 Å². The number of nitrogens with two attached hydrogens (primary N) is 1. The molecule has 0 fully saturated rings. The van der Waals surface area contributed by atoms with Crippen LogP contribution in [0.4, 0.5) is 10.9 Å². The fraction of sp³-hybridized carbons (Fsp3) is 0. The molecule has 0 aliphatic rings. The molecular weight excluding hydrogens is 278 g/mol. The molecular formula is C12H9N5S2. The van der Waals surface area contributed by atoms with Crippen LogP contribution in [-0.2, 0) is 0 Å². The number of thiocarbonyl (C=S) groups is 1. The standard InChI is InChI=1S/C12H9N5S2/c13-10(18)9-11(15-6-5-14-9)17-12-16-7-3-1-2-4-8(7)19-12/h1-6H,(H2,13,18)(H,15,16,17). The first-order valence-corrected chi connectivity index (χ1v) is 6.70. The van der Waals surface area contributed by atoms with Gasteiger partial charge in [0.05, 0.1) is 10.2 Å². The van der Waals surface area contributed by atoms with E-state index >= 15 is 0 Å². The second-order valence-corrected chi connectivity index (χ2v) is 5.20. The summed E-state index contributed by atoms with van der Waals surface area (Å²) in [6, 6.07) is 7.91. The maximum atomic E-state index is 5.62. The summed E-state index contributed by atoms with van der Waals surface area (Å²) in [7, 11) is 0. The number of fused-ring (bicyclic) bond motifs is 1. The van der Waals surface area contributed by atoms with Crippen molar-refractivity contribution < 1.29 is 0 Å². The summed E-state index contributed by atoms with van der Waals surface area (Å²) < 4.78 is 1.10. The molecule has 0 spiro atoms. The van der Waals surface area contributed by atoms with Crippen molar-refractivity contribution in [3.63, 3.8) is 0 Å². The van der Waals surface area contributed by atoms with Crippen molar-refractivity contribution in [1.82, 2.24) is 15.0 Å². The van der Waals surface area contributed by atoms with Gasteiger partial charge in [-0.25, -0.2) is 15.0 Å². The Bertz CT molecular complexity index is 719. The lowest BCUT2D eigenvalue weighted by atomic mass is 10.3. The van der Waals surface area contributed by atoms with Gasteiger partial charge in [0, 0.05) is 12.4 Å². The van der Waals surface area contributed by atoms with Crippen LogP contribution < -0.4 is 11.1 Å². The Morgan fingerprint density at radius 3 is 2.79 bits per heavy atom. The van der Waals surface area contributed by atoms with Gasteiger partial charge >= 0.3 is 0 Å². The normalized spacial score (nSPS) is 10.5. The van der Waals surface area contributed by atoms with E-state index in [1.807, 2.05) is 24.3 Å². The lowest BCUT2D eigenvalue weighted by molar-refractivity contribution is 1.17. The van der Waals surface area contributed by atoms with E-state index in [9.17, 15) is 0 Å². The molecule has 3 aromatic rings. The number of benzene rings is 1. The van der Waals surface area contributed by atoms with Gasteiger partial charge in [-0.1, -0.05) is 35.7 Å². The van der Waals surface area contributed by atoms with Gasteiger partial charge in [-0.2, -0.15) is 0 Å². The van der Waals surface area contributed by atoms with Crippen LogP contribution in [0.1, 0.15) is 5.69 Å². The van der Waals surface area contributed by atoms with Gasteiger partial charge in [0.25, 0.3) is 0 Å². The van der Waals surface area contributed by atoms with Crippen LogP contribution >= 0.6 is 23.6 Å². The quantitative estimate of drug-likeness (QED) is 0.721. The molecule has 19 heavy (non-hydrogen) atoms. The molecule has 0 aliphatic heterocycles. The zero-order valence-electron chi connectivity index (χ0n) is 9.70. The predicted molar refractivity (Wildman–Crippen MR) is 80.8 cm³/mol. The van der Waals surface area contributed by atoms with Crippen molar-refractivity contribution in [1.29, 1.82) is 0 Å². The maximum Gasteiger partial charge on any atom is 0.189 e. The first kappa shape index (κ1) is 11.9. The van der Waals surface area contributed by atoms with E-state index in [0.717, 1.165) is 15.3 Å². The summed E-state index contributed by atoms with van der Waals surface area (Å²) in [4.78, 5) is 13.0. The molecule has 2 heterocycles. The number of nitrogens with zero attached hydrogens (tertiary/aromatic N) is 3. The average Bonchev–Trinajstić information content (AvgIpc) is 2.81. The fourth-order valence-corrected chi connectivity index (χ4v) is 2.65. The molecule has 0 saturated carbocycles. The van der Waals surface area contributed by atoms with Crippen LogP contribution in [0.2, 0.25) is 0 Å². The van der Waals surface area contributed by atoms with E-state index < -0.39 is 0 Å². The highest BCUT2D eigenvalue weighted by Gasteiger charge is 2.10. The molecule has 5 nitrogen and oxygen atoms in total. The van der Waals surface area contributed by atoms with E-state index in [4.69, 9.17) is 18.0 Å². The Hall–Kier alpha value is -2.12. The Labute approximate surface area is 118 Å². The minimum absolute atomic E-state index is 0.205. The van der Waals surface area contributed by atoms with Gasteiger partial charge in [0.1, 0.15) is 10.7 Å². The molecule has 3 N–H and O–H groups in total. The molecule has 0 amide bonds. The SMILES string of the molecule is NC(=S)c1nccnc1Nc1nc2ccccc2s1. The third kappa shape index (κ3) is 2.38. The predicted octanol–water partition coefficient (Wildman–Crippen LogP) is 2.46. The van der Waals surface area contributed by atoms with Crippen molar-refractivity contribution in [2.24, 2.45) is 5.73 Å². The largest absolute Gasteiger partial charge is 0.388 e. The second kappa shape index (κ2) is 4.87. The lowest BCUT2D eigenvalue weighted by Gasteiger charge is -2.05. The molecule has 1 aromatic carbocycles. The van der Waals surface area contributed by atoms with Gasteiger partial charge in [0.15, 0.2) is 10.9 Å². The number of nitrogens with one attached hydrogen (secondary N) is 1. The van der Waals surface area contributed by atoms with Gasteiger partial charge in [-0.05, 0) is 12.1 Å². The van der Waals surface area contributed by atoms with E-state index in [1.165, 1.54) is 11.3 Å². The molecule has 3 rings (SSSR count). The van der Waals surface area contributed by atoms with Gasteiger partial charge < -0.3 is 11.1 Å². The van der Waals surface area contributed by atoms with Crippen molar-refractivity contribution >= 4 is 49.7 Å². The molecule has 7 heteroatoms. The van der Waals surface area contributed by atoms with Crippen LogP contribution in [0.15, 0.2) is 36.7 Å². The topological polar surface area (TPSA) is 76.7 Å². The maximum absolute atomic E-state index is 5.62. The number of hydrogen-bond donors (Lipinski definition) is 2. The number of thiazole rings is 1. The van der Waals surface area contributed by atoms with Crippen LogP contribution in [0.5, 0.6) is 0 Å². The highest BCUT2D eigenvalue weighted by molar-refractivity contribution is 7.80. The molecule has 0 saturated heterocycles. The van der Waals surface area contributed by atoms with E-state index in [-0.39, 0.29) is 4.99 Å². The first-order valence-electron chi connectivity index (χ1n) is 5.47. The Balaban J connectivity index is 1.99. The Morgan fingerprint density at radius 2 is 2.00 bits per heavy atom. The zero-order valence-corrected chi connectivity index (χ0v) is 11.3. The van der Waals surface area contributed by atoms with Crippen LogP contribution in [0, 0.1) is 0 Å². The van der Waals surface area contributed by atoms with Crippen LogP contribution in [0.25, 0.3) is 10.2 Å². The third-order valence-corrected chi connectivity index (χ3v) is 3.60. The average molecular weight is 287 g/mol. The van der Waals surface area contributed by atoms with Crippen molar-refractivity contribution in [2.45, 2.75) is 0 Å². The third-order valence-electron chi connectivity index (χ3n) is 2.45. The zero-order chi connectivity index (χ0) is 13.2. The van der Waals surface area contributed by atoms with Crippen molar-refractivity contribution in [3.05, 3.63) is 42.4 Å². The Morgan fingerprint density at radius 1 is 1.21 bits per heavy atom. The lowest BCUT2D eigenvalue weighted by Crippen LogP contribution is -2.14. The van der Waals surface area contributed by atoms with Crippen LogP contribution in [0.3, 0.4) is 0 Å². The monoisotopic (exact) mass is 287 g/mol. The Kier molecular flexibility index (Phi) is 3.06. The number of para-hydroxylation sites is 1. The summed E-state index contributed by atoms with van der Waals surface area (Å²) in [5, 5.41) is 3.84. The number of aromatic nitrogens is 3. The molecule has 0 unspecified atom stereocenters. The number of rotatable bonds is 3. The molecule has 0 atom stereocenters. The summed E-state index contributed by atoms with van der Waals surface area (Å²) in [5.74, 6) is 0.522. The minimum atomic E-state index is 0.205. The summed E-state index contributed by atoms with van der Waals surface area (Å²) in [6.07, 6.45) is 3.13. The molecule has 94 valence electrons. The molecule has 2 aromatic heterocycles. The number of anilines is 2. The summed E-state index contributed by atoms with van der Waals surface area (Å²) in [6.45, 7) is 0. The van der Waals surface area contributed by atoms with E-state index in [0.29, 0.717) is 11.5 Å². The summed E-state index contributed by atoms with van der Waals surface area (Å²) in [5.41, 5.74) is 7.03. The van der Waals surface area contributed by atoms with E-state index in [2.05, 4.69) is 20.3 Å². The highest BCUT2D eigenvalue weighted by atomic mass is 32.1. The number of hydrogen-bond acceptors (Lipinski definition) is 6. The second-order valence-electron chi connectivity index (χ2n) is 3.73. The molecule has 0 bridgehead atoms.